The number of amides is 1. The summed E-state index contributed by atoms with van der Waals surface area (Å²) >= 11 is 6.42. The van der Waals surface area contributed by atoms with Crippen molar-refractivity contribution in [3.63, 3.8) is 0 Å². The van der Waals surface area contributed by atoms with E-state index in [0.29, 0.717) is 30.1 Å². The molecule has 0 radical (unpaired) electrons. The van der Waals surface area contributed by atoms with Gasteiger partial charge in [0.05, 0.1) is 10.6 Å². The minimum Gasteiger partial charge on any atom is -0.507 e. The number of hydrogen-bond acceptors (Lipinski definition) is 5. The van der Waals surface area contributed by atoms with Crippen molar-refractivity contribution in [2.24, 2.45) is 0 Å². The number of piperazine rings is 1. The number of aryl methyl sites for hydroxylation is 1. The number of phenolic OH excluding ortho intramolecular Hbond substituents is 1. The lowest BCUT2D eigenvalue weighted by atomic mass is 10.0. The van der Waals surface area contributed by atoms with Gasteiger partial charge in [-0.1, -0.05) is 24.2 Å². The van der Waals surface area contributed by atoms with Crippen LogP contribution in [-0.2, 0) is 4.79 Å². The van der Waals surface area contributed by atoms with Crippen molar-refractivity contribution in [2.75, 3.05) is 18.0 Å². The molecule has 1 fully saturated rings. The van der Waals surface area contributed by atoms with Gasteiger partial charge >= 0.3 is 0 Å². The summed E-state index contributed by atoms with van der Waals surface area (Å²) in [5, 5.41) is 10.5. The van der Waals surface area contributed by atoms with Gasteiger partial charge in [-0.05, 0) is 45.0 Å². The van der Waals surface area contributed by atoms with E-state index in [1.807, 2.05) is 18.7 Å². The van der Waals surface area contributed by atoms with E-state index in [1.165, 1.54) is 24.3 Å². The minimum absolute atomic E-state index is 0.0237. The fourth-order valence-electron chi connectivity index (χ4n) is 4.55. The van der Waals surface area contributed by atoms with Crippen LogP contribution >= 0.6 is 11.6 Å². The molecule has 0 saturated carbocycles. The molecule has 0 aliphatic carbocycles. The highest BCUT2D eigenvalue weighted by molar-refractivity contribution is 6.34. The standard InChI is InChI=1S/C24H23ClF2N4O2/c1-5-19(33)31-12(2)10-30(11-13(31)3)24-15-9-16(25)20(21-17(26)7-6-8-18(21)32)22(27)23(15)28-14(4)29-24/h5-9,12-13,32H,1,10-11H2,2-4H3. The number of anilines is 1. The molecule has 3 aromatic rings. The predicted octanol–water partition coefficient (Wildman–Crippen LogP) is 4.85. The number of phenols is 1. The number of carbonyl (C=O) groups excluding carboxylic acids is 1. The van der Waals surface area contributed by atoms with Crippen LogP contribution in [0.3, 0.4) is 0 Å². The summed E-state index contributed by atoms with van der Waals surface area (Å²) in [6.45, 7) is 9.99. The molecule has 1 aromatic heterocycles. The normalized spacial score (nSPS) is 18.6. The van der Waals surface area contributed by atoms with Gasteiger partial charge in [0.15, 0.2) is 5.82 Å². The first-order valence-electron chi connectivity index (χ1n) is 10.5. The van der Waals surface area contributed by atoms with E-state index in [2.05, 4.69) is 16.5 Å². The summed E-state index contributed by atoms with van der Waals surface area (Å²) < 4.78 is 30.2. The van der Waals surface area contributed by atoms with Gasteiger partial charge < -0.3 is 14.9 Å². The molecule has 9 heteroatoms. The van der Waals surface area contributed by atoms with Crippen LogP contribution in [0.5, 0.6) is 5.75 Å². The Morgan fingerprint density at radius 2 is 1.88 bits per heavy atom. The highest BCUT2D eigenvalue weighted by atomic mass is 35.5. The molecule has 1 saturated heterocycles. The molecule has 2 heterocycles. The van der Waals surface area contributed by atoms with E-state index < -0.39 is 17.4 Å². The second-order valence-electron chi connectivity index (χ2n) is 8.22. The number of benzene rings is 2. The van der Waals surface area contributed by atoms with Crippen LogP contribution in [0, 0.1) is 18.6 Å². The zero-order chi connectivity index (χ0) is 24.0. The predicted molar refractivity (Wildman–Crippen MR) is 124 cm³/mol. The third-order valence-electron chi connectivity index (χ3n) is 5.86. The fourth-order valence-corrected chi connectivity index (χ4v) is 4.84. The summed E-state index contributed by atoms with van der Waals surface area (Å²) in [6.07, 6.45) is 1.29. The van der Waals surface area contributed by atoms with Gasteiger partial charge in [0, 0.05) is 36.1 Å². The number of aromatic hydroxyl groups is 1. The number of carbonyl (C=O) groups is 1. The molecule has 1 aliphatic heterocycles. The first kappa shape index (κ1) is 22.9. The Bertz CT molecular complexity index is 1250. The number of rotatable bonds is 3. The minimum atomic E-state index is -0.841. The van der Waals surface area contributed by atoms with E-state index in [-0.39, 0.29) is 39.7 Å². The molecule has 0 bridgehead atoms. The van der Waals surface area contributed by atoms with Crippen LogP contribution in [0.4, 0.5) is 14.6 Å². The SMILES string of the molecule is C=CC(=O)N1C(C)CN(c2nc(C)nc3c(F)c(-c4c(O)cccc4F)c(Cl)cc23)CC1C. The van der Waals surface area contributed by atoms with Gasteiger partial charge in [-0.2, -0.15) is 0 Å². The van der Waals surface area contributed by atoms with Crippen LogP contribution in [-0.4, -0.2) is 51.1 Å². The Labute approximate surface area is 195 Å². The average Bonchev–Trinajstić information content (AvgIpc) is 2.75. The number of halogens is 3. The fraction of sp³-hybridized carbons (Fsp3) is 0.292. The van der Waals surface area contributed by atoms with Crippen molar-refractivity contribution in [1.82, 2.24) is 14.9 Å². The van der Waals surface area contributed by atoms with E-state index >= 15 is 4.39 Å². The summed E-state index contributed by atoms with van der Waals surface area (Å²) in [4.78, 5) is 24.8. The Hall–Kier alpha value is -3.26. The number of aromatic nitrogens is 2. The van der Waals surface area contributed by atoms with Crippen molar-refractivity contribution < 1.29 is 18.7 Å². The molecule has 33 heavy (non-hydrogen) atoms. The lowest BCUT2D eigenvalue weighted by Crippen LogP contribution is -2.58. The maximum atomic E-state index is 15.7. The maximum Gasteiger partial charge on any atom is 0.246 e. The van der Waals surface area contributed by atoms with Crippen LogP contribution in [0.15, 0.2) is 36.9 Å². The van der Waals surface area contributed by atoms with Crippen LogP contribution in [0.2, 0.25) is 5.02 Å². The molecule has 6 nitrogen and oxygen atoms in total. The van der Waals surface area contributed by atoms with Gasteiger partial charge in [-0.25, -0.2) is 18.7 Å². The molecule has 1 N–H and O–H groups in total. The summed E-state index contributed by atoms with van der Waals surface area (Å²) in [6, 6.07) is 4.93. The Morgan fingerprint density at radius 3 is 2.48 bits per heavy atom. The van der Waals surface area contributed by atoms with Crippen molar-refractivity contribution in [3.8, 4) is 16.9 Å². The Kier molecular flexibility index (Phi) is 5.97. The maximum absolute atomic E-state index is 15.7. The molecule has 2 aromatic carbocycles. The third-order valence-corrected chi connectivity index (χ3v) is 6.16. The Balaban J connectivity index is 1.87. The van der Waals surface area contributed by atoms with E-state index in [4.69, 9.17) is 11.6 Å². The van der Waals surface area contributed by atoms with E-state index in [0.717, 1.165) is 6.07 Å². The van der Waals surface area contributed by atoms with Crippen LogP contribution in [0.25, 0.3) is 22.0 Å². The highest BCUT2D eigenvalue weighted by Gasteiger charge is 2.34. The van der Waals surface area contributed by atoms with Gasteiger partial charge in [-0.15, -0.1) is 0 Å². The smallest absolute Gasteiger partial charge is 0.246 e. The molecular weight excluding hydrogens is 450 g/mol. The van der Waals surface area contributed by atoms with Gasteiger partial charge in [0.25, 0.3) is 0 Å². The second-order valence-corrected chi connectivity index (χ2v) is 8.63. The molecule has 1 aliphatic rings. The van der Waals surface area contributed by atoms with E-state index in [1.54, 1.807) is 11.8 Å². The third kappa shape index (κ3) is 3.88. The van der Waals surface area contributed by atoms with Crippen molar-refractivity contribution >= 4 is 34.2 Å². The quantitative estimate of drug-likeness (QED) is 0.552. The average molecular weight is 473 g/mol. The first-order valence-corrected chi connectivity index (χ1v) is 10.9. The molecular formula is C24H23ClF2N4O2. The first-order chi connectivity index (χ1) is 15.6. The Morgan fingerprint density at radius 1 is 1.21 bits per heavy atom. The van der Waals surface area contributed by atoms with Gasteiger partial charge in [0.1, 0.15) is 28.7 Å². The van der Waals surface area contributed by atoms with Gasteiger partial charge in [0.2, 0.25) is 5.91 Å². The number of fused-ring (bicyclic) bond motifs is 1. The zero-order valence-corrected chi connectivity index (χ0v) is 19.2. The summed E-state index contributed by atoms with van der Waals surface area (Å²) in [5.74, 6) is -1.41. The molecule has 1 amide bonds. The topological polar surface area (TPSA) is 69.6 Å². The van der Waals surface area contributed by atoms with Crippen molar-refractivity contribution in [1.29, 1.82) is 0 Å². The lowest BCUT2D eigenvalue weighted by molar-refractivity contribution is -0.130. The van der Waals surface area contributed by atoms with Crippen molar-refractivity contribution in [3.05, 3.63) is 59.4 Å². The van der Waals surface area contributed by atoms with E-state index in [9.17, 15) is 14.3 Å². The van der Waals surface area contributed by atoms with Crippen LogP contribution in [0.1, 0.15) is 19.7 Å². The highest BCUT2D eigenvalue weighted by Crippen LogP contribution is 2.42. The summed E-state index contributed by atoms with van der Waals surface area (Å²) in [5.41, 5.74) is -0.602. The monoisotopic (exact) mass is 472 g/mol. The number of nitrogens with zero attached hydrogens (tertiary/aromatic N) is 4. The molecule has 2 unspecified atom stereocenters. The molecule has 172 valence electrons. The largest absolute Gasteiger partial charge is 0.507 e. The lowest BCUT2D eigenvalue weighted by Gasteiger charge is -2.44. The van der Waals surface area contributed by atoms with Crippen molar-refractivity contribution in [2.45, 2.75) is 32.9 Å². The second kappa shape index (κ2) is 8.59. The van der Waals surface area contributed by atoms with Crippen LogP contribution < -0.4 is 4.90 Å². The zero-order valence-electron chi connectivity index (χ0n) is 18.4. The van der Waals surface area contributed by atoms with Gasteiger partial charge in [-0.3, -0.25) is 4.79 Å². The molecule has 0 spiro atoms. The summed E-state index contributed by atoms with van der Waals surface area (Å²) in [7, 11) is 0. The molecule has 2 atom stereocenters. The molecule has 4 rings (SSSR count). The number of hydrogen-bond donors (Lipinski definition) is 1.